The fourth-order valence-electron chi connectivity index (χ4n) is 3.86. The number of nitrogens with zero attached hydrogens (tertiary/aromatic N) is 4. The summed E-state index contributed by atoms with van der Waals surface area (Å²) in [6.45, 7) is 4.26. The minimum atomic E-state index is -0.109. The number of anilines is 2. The Morgan fingerprint density at radius 1 is 0.710 bits per heavy atom. The molecule has 0 spiro atoms. The molecule has 31 heavy (non-hydrogen) atoms. The monoisotopic (exact) mass is 416 g/mol. The predicted molar refractivity (Wildman–Crippen MR) is 123 cm³/mol. The van der Waals surface area contributed by atoms with Crippen molar-refractivity contribution in [2.24, 2.45) is 0 Å². The second-order valence-electron chi connectivity index (χ2n) is 7.42. The Balaban J connectivity index is 1.68. The van der Waals surface area contributed by atoms with Crippen molar-refractivity contribution in [3.8, 4) is 11.4 Å². The van der Waals surface area contributed by atoms with Crippen LogP contribution in [0.5, 0.6) is 0 Å². The lowest BCUT2D eigenvalue weighted by Crippen LogP contribution is -2.14. The highest BCUT2D eigenvalue weighted by atomic mass is 16.5. The molecule has 4 rings (SSSR count). The van der Waals surface area contributed by atoms with E-state index in [2.05, 4.69) is 36.2 Å². The van der Waals surface area contributed by atoms with Crippen LogP contribution in [0.2, 0.25) is 0 Å². The molecule has 2 heterocycles. The number of aromatic nitrogens is 4. The smallest absolute Gasteiger partial charge is 0.145 e. The van der Waals surface area contributed by atoms with Gasteiger partial charge in [-0.15, -0.1) is 0 Å². The summed E-state index contributed by atoms with van der Waals surface area (Å²) in [5.41, 5.74) is 15.8. The second kappa shape index (κ2) is 9.06. The summed E-state index contributed by atoms with van der Waals surface area (Å²) in [5.74, 6) is 0.977. The zero-order chi connectivity index (χ0) is 21.8. The summed E-state index contributed by atoms with van der Waals surface area (Å²) in [6, 6.07) is 19.9. The van der Waals surface area contributed by atoms with Gasteiger partial charge in [0.15, 0.2) is 0 Å². The number of ether oxygens (including phenoxy) is 1. The van der Waals surface area contributed by atoms with Crippen LogP contribution in [0.15, 0.2) is 73.1 Å². The van der Waals surface area contributed by atoms with E-state index >= 15 is 0 Å². The highest BCUT2D eigenvalue weighted by molar-refractivity contribution is 5.45. The van der Waals surface area contributed by atoms with E-state index in [1.807, 2.05) is 48.8 Å². The highest BCUT2D eigenvalue weighted by Crippen LogP contribution is 2.35. The van der Waals surface area contributed by atoms with Crippen molar-refractivity contribution in [3.05, 3.63) is 84.2 Å². The third kappa shape index (κ3) is 4.32. The van der Waals surface area contributed by atoms with E-state index in [1.165, 1.54) is 0 Å². The minimum absolute atomic E-state index is 0.109. The predicted octanol–water partition coefficient (Wildman–Crippen LogP) is 4.84. The van der Waals surface area contributed by atoms with E-state index < -0.39 is 0 Å². The summed E-state index contributed by atoms with van der Waals surface area (Å²) < 4.78 is 10.3. The van der Waals surface area contributed by atoms with E-state index in [4.69, 9.17) is 16.2 Å². The molecule has 7 nitrogen and oxygen atoms in total. The molecule has 0 aliphatic heterocycles. The van der Waals surface area contributed by atoms with Crippen molar-refractivity contribution in [1.82, 2.24) is 19.6 Å². The fourth-order valence-corrected chi connectivity index (χ4v) is 3.86. The van der Waals surface area contributed by atoms with Gasteiger partial charge in [-0.05, 0) is 25.0 Å². The standard InChI is InChI=1S/C24H28N6O/c1-3-21(17-9-5-7-11-19(17)29-15-13-23(25)27-29)31-22(4-2)18-10-6-8-12-20(18)30-16-14-24(26)28-30/h5-16,21-22H,3-4H2,1-2H3,(H2,25,27)(H2,26,28). The second-order valence-corrected chi connectivity index (χ2v) is 7.42. The molecule has 0 amide bonds. The summed E-state index contributed by atoms with van der Waals surface area (Å²) in [4.78, 5) is 0. The Kier molecular flexibility index (Phi) is 6.04. The molecule has 0 saturated heterocycles. The third-order valence-corrected chi connectivity index (χ3v) is 5.35. The number of hydrogen-bond donors (Lipinski definition) is 2. The van der Waals surface area contributed by atoms with Crippen molar-refractivity contribution in [3.63, 3.8) is 0 Å². The maximum Gasteiger partial charge on any atom is 0.145 e. The van der Waals surface area contributed by atoms with Crippen molar-refractivity contribution >= 4 is 11.6 Å². The van der Waals surface area contributed by atoms with E-state index in [9.17, 15) is 0 Å². The Morgan fingerprint density at radius 2 is 1.13 bits per heavy atom. The molecule has 0 aliphatic carbocycles. The molecule has 0 radical (unpaired) electrons. The average molecular weight is 417 g/mol. The number of para-hydroxylation sites is 2. The van der Waals surface area contributed by atoms with Gasteiger partial charge in [-0.2, -0.15) is 10.2 Å². The van der Waals surface area contributed by atoms with Crippen LogP contribution in [0.1, 0.15) is 50.0 Å². The Morgan fingerprint density at radius 3 is 1.48 bits per heavy atom. The van der Waals surface area contributed by atoms with Gasteiger partial charge in [-0.3, -0.25) is 0 Å². The molecule has 160 valence electrons. The van der Waals surface area contributed by atoms with Crippen LogP contribution < -0.4 is 11.5 Å². The van der Waals surface area contributed by atoms with Crippen molar-refractivity contribution < 1.29 is 4.74 Å². The lowest BCUT2D eigenvalue weighted by molar-refractivity contribution is -0.0192. The van der Waals surface area contributed by atoms with Crippen molar-refractivity contribution in [1.29, 1.82) is 0 Å². The van der Waals surface area contributed by atoms with Gasteiger partial charge in [0.2, 0.25) is 0 Å². The summed E-state index contributed by atoms with van der Waals surface area (Å²) in [7, 11) is 0. The van der Waals surface area contributed by atoms with Crippen molar-refractivity contribution in [2.75, 3.05) is 11.5 Å². The Bertz CT molecular complexity index is 1060. The topological polar surface area (TPSA) is 96.9 Å². The van der Waals surface area contributed by atoms with Gasteiger partial charge in [0, 0.05) is 35.7 Å². The first-order valence-corrected chi connectivity index (χ1v) is 10.6. The largest absolute Gasteiger partial charge is 0.382 e. The molecule has 4 N–H and O–H groups in total. The molecule has 2 unspecified atom stereocenters. The zero-order valence-corrected chi connectivity index (χ0v) is 17.8. The molecule has 0 saturated carbocycles. The quantitative estimate of drug-likeness (QED) is 0.428. The number of nitrogens with two attached hydrogens (primary N) is 2. The number of benzene rings is 2. The van der Waals surface area contributed by atoms with Crippen LogP contribution in [-0.2, 0) is 4.74 Å². The molecule has 2 aromatic carbocycles. The molecule has 7 heteroatoms. The van der Waals surface area contributed by atoms with Gasteiger partial charge >= 0.3 is 0 Å². The van der Waals surface area contributed by atoms with Crippen LogP contribution in [-0.4, -0.2) is 19.6 Å². The van der Waals surface area contributed by atoms with Crippen molar-refractivity contribution in [2.45, 2.75) is 38.9 Å². The fraction of sp³-hybridized carbons (Fsp3) is 0.250. The maximum absolute atomic E-state index is 6.71. The summed E-state index contributed by atoms with van der Waals surface area (Å²) in [6.07, 6.45) is 5.16. The van der Waals surface area contributed by atoms with Gasteiger partial charge in [-0.25, -0.2) is 9.36 Å². The van der Waals surface area contributed by atoms with Crippen LogP contribution in [0, 0.1) is 0 Å². The van der Waals surface area contributed by atoms with Gasteiger partial charge in [0.05, 0.1) is 23.6 Å². The number of hydrogen-bond acceptors (Lipinski definition) is 5. The first-order chi connectivity index (χ1) is 15.1. The van der Waals surface area contributed by atoms with Gasteiger partial charge < -0.3 is 16.2 Å². The first kappa shape index (κ1) is 20.7. The average Bonchev–Trinajstić information content (AvgIpc) is 3.43. The molecule has 0 aliphatic rings. The molecule has 2 aromatic heterocycles. The summed E-state index contributed by atoms with van der Waals surface area (Å²) in [5, 5.41) is 8.77. The van der Waals surface area contributed by atoms with Gasteiger partial charge in [-0.1, -0.05) is 50.2 Å². The Hall–Kier alpha value is -3.58. The normalized spacial score (nSPS) is 13.2. The van der Waals surface area contributed by atoms with Crippen LogP contribution in [0.25, 0.3) is 11.4 Å². The van der Waals surface area contributed by atoms with E-state index in [1.54, 1.807) is 21.5 Å². The first-order valence-electron chi connectivity index (χ1n) is 10.6. The zero-order valence-electron chi connectivity index (χ0n) is 17.8. The number of nitrogen functional groups attached to an aromatic ring is 2. The molecular formula is C24H28N6O. The number of rotatable bonds is 8. The molecular weight excluding hydrogens is 388 g/mol. The highest BCUT2D eigenvalue weighted by Gasteiger charge is 2.23. The maximum atomic E-state index is 6.71. The van der Waals surface area contributed by atoms with Crippen LogP contribution in [0.4, 0.5) is 11.6 Å². The lowest BCUT2D eigenvalue weighted by Gasteiger charge is -2.27. The molecule has 0 bridgehead atoms. The third-order valence-electron chi connectivity index (χ3n) is 5.35. The van der Waals surface area contributed by atoms with Crippen LogP contribution in [0.3, 0.4) is 0 Å². The summed E-state index contributed by atoms with van der Waals surface area (Å²) >= 11 is 0. The van der Waals surface area contributed by atoms with E-state index in [0.29, 0.717) is 11.6 Å². The van der Waals surface area contributed by atoms with E-state index in [-0.39, 0.29) is 12.2 Å². The van der Waals surface area contributed by atoms with Crippen LogP contribution >= 0.6 is 0 Å². The van der Waals surface area contributed by atoms with E-state index in [0.717, 1.165) is 35.3 Å². The minimum Gasteiger partial charge on any atom is -0.382 e. The lowest BCUT2D eigenvalue weighted by atomic mass is 10.0. The molecule has 2 atom stereocenters. The Labute approximate surface area is 182 Å². The van der Waals surface area contributed by atoms with Gasteiger partial charge in [0.25, 0.3) is 0 Å². The molecule has 0 fully saturated rings. The van der Waals surface area contributed by atoms with Gasteiger partial charge in [0.1, 0.15) is 11.6 Å². The molecule has 4 aromatic rings. The SMILES string of the molecule is CCC(OC(CC)c1ccccc1-n1ccc(N)n1)c1ccccc1-n1ccc(N)n1.